The number of pyridine rings is 1. The van der Waals surface area contributed by atoms with Crippen molar-refractivity contribution in [2.45, 2.75) is 39.5 Å². The maximum absolute atomic E-state index is 13.0. The van der Waals surface area contributed by atoms with E-state index in [-0.39, 0.29) is 11.3 Å². The Morgan fingerprint density at radius 1 is 1.07 bits per heavy atom. The van der Waals surface area contributed by atoms with Crippen LogP contribution in [0.3, 0.4) is 0 Å². The number of rotatable bonds is 9. The monoisotopic (exact) mass is 573 g/mol. The minimum Gasteiger partial charge on any atom is -0.385 e. The zero-order chi connectivity index (χ0) is 29.0. The van der Waals surface area contributed by atoms with Crippen molar-refractivity contribution in [3.63, 3.8) is 0 Å². The van der Waals surface area contributed by atoms with Crippen molar-refractivity contribution in [3.8, 4) is 16.9 Å². The highest BCUT2D eigenvalue weighted by atomic mass is 32.1. The molecule has 0 unspecified atom stereocenters. The highest BCUT2D eigenvalue weighted by Crippen LogP contribution is 2.30. The number of ether oxygens (including phenoxy) is 1. The molecule has 1 fully saturated rings. The van der Waals surface area contributed by atoms with Crippen LogP contribution >= 0.6 is 11.3 Å². The van der Waals surface area contributed by atoms with E-state index in [1.165, 1.54) is 16.2 Å². The van der Waals surface area contributed by atoms with E-state index in [0.717, 1.165) is 73.9 Å². The van der Waals surface area contributed by atoms with Gasteiger partial charge in [-0.1, -0.05) is 32.1 Å². The van der Waals surface area contributed by atoms with Crippen molar-refractivity contribution < 1.29 is 9.53 Å². The van der Waals surface area contributed by atoms with Crippen LogP contribution in [0, 0.1) is 6.92 Å². The van der Waals surface area contributed by atoms with Crippen molar-refractivity contribution in [3.05, 3.63) is 70.3 Å². The first-order valence-electron chi connectivity index (χ1n) is 14.1. The fourth-order valence-corrected chi connectivity index (χ4v) is 5.87. The molecule has 1 aliphatic heterocycles. The van der Waals surface area contributed by atoms with Crippen molar-refractivity contribution >= 4 is 28.6 Å². The molecule has 0 atom stereocenters. The van der Waals surface area contributed by atoms with Gasteiger partial charge in [0.25, 0.3) is 5.91 Å². The van der Waals surface area contributed by atoms with Crippen LogP contribution in [-0.2, 0) is 10.2 Å². The first-order chi connectivity index (χ1) is 19.7. The zero-order valence-corrected chi connectivity index (χ0v) is 25.4. The number of anilines is 2. The summed E-state index contributed by atoms with van der Waals surface area (Å²) < 4.78 is 6.95. The van der Waals surface area contributed by atoms with Gasteiger partial charge in [0.2, 0.25) is 0 Å². The third-order valence-electron chi connectivity index (χ3n) is 7.36. The summed E-state index contributed by atoms with van der Waals surface area (Å²) in [5.41, 5.74) is 5.38. The van der Waals surface area contributed by atoms with Crippen molar-refractivity contribution in [2.24, 2.45) is 0 Å². The summed E-state index contributed by atoms with van der Waals surface area (Å²) in [5.74, 6) is -0.113. The molecule has 0 radical (unpaired) electrons. The predicted octanol–water partition coefficient (Wildman–Crippen LogP) is 5.41. The second-order valence-electron chi connectivity index (χ2n) is 11.5. The lowest BCUT2D eigenvalue weighted by atomic mass is 9.95. The standard InChI is InChI=1S/C31H39N7O2S/c1-22-7-8-24(33-30(39)28-9-10-29(41-28)31(2,3)4)18-27(22)38-21-26(34-35-38)23-17-25(20-32-19-23)37-14-12-36(13-15-37)11-6-16-40-5/h7-10,17-21H,6,11-16H2,1-5H3,(H,33,39). The average Bonchev–Trinajstić information content (AvgIpc) is 3.66. The van der Waals surface area contributed by atoms with Gasteiger partial charge in [-0.2, -0.15) is 0 Å². The molecule has 1 N–H and O–H groups in total. The molecule has 10 heteroatoms. The SMILES string of the molecule is COCCCN1CCN(c2cncc(-c3cn(-c4cc(NC(=O)c5ccc(C(C)(C)C)s5)ccc4C)nn3)c2)CC1. The largest absolute Gasteiger partial charge is 0.385 e. The molecule has 4 heterocycles. The summed E-state index contributed by atoms with van der Waals surface area (Å²) >= 11 is 1.53. The van der Waals surface area contributed by atoms with Crippen molar-refractivity contribution in [1.82, 2.24) is 24.9 Å². The molecule has 216 valence electrons. The first kappa shape index (κ1) is 28.9. The average molecular weight is 574 g/mol. The van der Waals surface area contributed by atoms with Crippen LogP contribution in [0.15, 0.2) is 55.0 Å². The summed E-state index contributed by atoms with van der Waals surface area (Å²) in [5, 5.41) is 11.9. The van der Waals surface area contributed by atoms with Crippen molar-refractivity contribution in [2.75, 3.05) is 56.7 Å². The minimum absolute atomic E-state index is 0.0130. The Hall–Kier alpha value is -3.60. The van der Waals surface area contributed by atoms with Gasteiger partial charge in [0.1, 0.15) is 5.69 Å². The van der Waals surface area contributed by atoms with Crippen LogP contribution in [0.5, 0.6) is 0 Å². The van der Waals surface area contributed by atoms with Gasteiger partial charge < -0.3 is 15.0 Å². The van der Waals surface area contributed by atoms with Crippen LogP contribution in [0.1, 0.15) is 47.3 Å². The highest BCUT2D eigenvalue weighted by molar-refractivity contribution is 7.14. The van der Waals surface area contributed by atoms with Gasteiger partial charge >= 0.3 is 0 Å². The molecule has 0 aliphatic carbocycles. The molecule has 0 saturated carbocycles. The van der Waals surface area contributed by atoms with Crippen LogP contribution in [0.25, 0.3) is 16.9 Å². The molecular formula is C31H39N7O2S. The van der Waals surface area contributed by atoms with E-state index in [0.29, 0.717) is 10.6 Å². The smallest absolute Gasteiger partial charge is 0.265 e. The molecule has 0 spiro atoms. The number of amides is 1. The third kappa shape index (κ3) is 7.01. The van der Waals surface area contributed by atoms with E-state index >= 15 is 0 Å². The number of carbonyl (C=O) groups is 1. The molecule has 1 amide bonds. The number of benzene rings is 1. The van der Waals surface area contributed by atoms with Crippen LogP contribution in [-0.4, -0.2) is 77.2 Å². The number of hydrogen-bond donors (Lipinski definition) is 1. The molecule has 1 aliphatic rings. The van der Waals surface area contributed by atoms with E-state index in [9.17, 15) is 4.79 Å². The fourth-order valence-electron chi connectivity index (χ4n) is 4.91. The van der Waals surface area contributed by atoms with Gasteiger partial charge in [-0.3, -0.25) is 14.7 Å². The maximum atomic E-state index is 13.0. The van der Waals surface area contributed by atoms with E-state index in [2.05, 4.69) is 57.3 Å². The van der Waals surface area contributed by atoms with Gasteiger partial charge in [-0.25, -0.2) is 4.68 Å². The second kappa shape index (κ2) is 12.5. The molecule has 3 aromatic heterocycles. The Morgan fingerprint density at radius 2 is 1.88 bits per heavy atom. The minimum atomic E-state index is -0.113. The van der Waals surface area contributed by atoms with Gasteiger partial charge in [0, 0.05) is 68.8 Å². The normalized spacial score (nSPS) is 14.4. The Kier molecular flexibility index (Phi) is 8.82. The lowest BCUT2D eigenvalue weighted by molar-refractivity contribution is 0.103. The van der Waals surface area contributed by atoms with Crippen LogP contribution < -0.4 is 10.2 Å². The number of aryl methyl sites for hydroxylation is 1. The van der Waals surface area contributed by atoms with E-state index in [1.54, 1.807) is 11.8 Å². The molecule has 9 nitrogen and oxygen atoms in total. The quantitative estimate of drug-likeness (QED) is 0.268. The number of piperazine rings is 1. The van der Waals surface area contributed by atoms with Gasteiger partial charge in [0.15, 0.2) is 0 Å². The number of hydrogen-bond acceptors (Lipinski definition) is 8. The maximum Gasteiger partial charge on any atom is 0.265 e. The molecule has 41 heavy (non-hydrogen) atoms. The van der Waals surface area contributed by atoms with Gasteiger partial charge in [-0.05, 0) is 54.7 Å². The first-order valence-corrected chi connectivity index (χ1v) is 14.9. The highest BCUT2D eigenvalue weighted by Gasteiger charge is 2.20. The number of carbonyl (C=O) groups excluding carboxylic acids is 1. The molecule has 4 aromatic rings. The fraction of sp³-hybridized carbons (Fsp3) is 0.419. The Labute approximate surface area is 246 Å². The lowest BCUT2D eigenvalue weighted by Gasteiger charge is -2.36. The molecule has 0 bridgehead atoms. The topological polar surface area (TPSA) is 88.4 Å². The summed E-state index contributed by atoms with van der Waals surface area (Å²) in [6.45, 7) is 14.3. The zero-order valence-electron chi connectivity index (χ0n) is 24.6. The number of aromatic nitrogens is 4. The predicted molar refractivity (Wildman–Crippen MR) is 165 cm³/mol. The summed E-state index contributed by atoms with van der Waals surface area (Å²) in [6, 6.07) is 11.9. The second-order valence-corrected chi connectivity index (χ2v) is 12.6. The Balaban J connectivity index is 1.27. The number of thiophene rings is 1. The summed E-state index contributed by atoms with van der Waals surface area (Å²) in [7, 11) is 1.75. The van der Waals surface area contributed by atoms with Crippen LogP contribution in [0.4, 0.5) is 11.4 Å². The Bertz CT molecular complexity index is 1480. The van der Waals surface area contributed by atoms with Gasteiger partial charge in [-0.15, -0.1) is 16.4 Å². The number of nitrogens with zero attached hydrogens (tertiary/aromatic N) is 6. The summed E-state index contributed by atoms with van der Waals surface area (Å²) in [4.78, 5) is 24.2. The molecule has 5 rings (SSSR count). The summed E-state index contributed by atoms with van der Waals surface area (Å²) in [6.07, 6.45) is 6.72. The van der Waals surface area contributed by atoms with Crippen molar-refractivity contribution in [1.29, 1.82) is 0 Å². The third-order valence-corrected chi connectivity index (χ3v) is 8.87. The van der Waals surface area contributed by atoms with Gasteiger partial charge in [0.05, 0.1) is 28.6 Å². The molecule has 1 aromatic carbocycles. The molecule has 1 saturated heterocycles. The molecular weight excluding hydrogens is 534 g/mol. The number of nitrogens with one attached hydrogen (secondary N) is 1. The van der Waals surface area contributed by atoms with E-state index in [1.807, 2.05) is 55.8 Å². The van der Waals surface area contributed by atoms with E-state index < -0.39 is 0 Å². The Morgan fingerprint density at radius 3 is 2.61 bits per heavy atom. The number of methoxy groups -OCH3 is 1. The lowest BCUT2D eigenvalue weighted by Crippen LogP contribution is -2.46. The van der Waals surface area contributed by atoms with Crippen LogP contribution in [0.2, 0.25) is 0 Å². The van der Waals surface area contributed by atoms with E-state index in [4.69, 9.17) is 4.74 Å².